The molecule has 0 saturated carbocycles. The van der Waals surface area contributed by atoms with Crippen LogP contribution in [-0.4, -0.2) is 41.6 Å². The molecule has 0 spiro atoms. The Hall–Kier alpha value is -0.220. The molecule has 3 nitrogen and oxygen atoms in total. The molecule has 1 aliphatic heterocycles. The molecule has 1 amide bonds. The van der Waals surface area contributed by atoms with E-state index in [4.69, 9.17) is 0 Å². The number of nitrogens with one attached hydrogen (secondary N) is 1. The summed E-state index contributed by atoms with van der Waals surface area (Å²) in [7, 11) is 0. The smallest absolute Gasteiger partial charge is 0.243 e. The predicted molar refractivity (Wildman–Crippen MR) is 70.6 cm³/mol. The van der Waals surface area contributed by atoms with Crippen LogP contribution in [0.5, 0.6) is 0 Å². The summed E-state index contributed by atoms with van der Waals surface area (Å²) in [6.45, 7) is 5.71. The standard InChI is InChI=1S/C12H24N2OS/c1-4-12(2)11(15)14(10-13-12)8-6-5-7-9-16-3/h13H,4-10H2,1-3H3. The number of hydrogen-bond donors (Lipinski definition) is 1. The monoisotopic (exact) mass is 244 g/mol. The van der Waals surface area contributed by atoms with E-state index in [1.54, 1.807) is 0 Å². The zero-order valence-electron chi connectivity index (χ0n) is 10.7. The van der Waals surface area contributed by atoms with Crippen molar-refractivity contribution in [3.63, 3.8) is 0 Å². The zero-order chi connectivity index (χ0) is 12.0. The Bertz CT molecular complexity index is 235. The number of thioether (sulfide) groups is 1. The van der Waals surface area contributed by atoms with Crippen LogP contribution in [0.1, 0.15) is 39.5 Å². The molecule has 1 N–H and O–H groups in total. The normalized spacial score (nSPS) is 25.4. The van der Waals surface area contributed by atoms with E-state index in [1.165, 1.54) is 18.6 Å². The van der Waals surface area contributed by atoms with Crippen LogP contribution >= 0.6 is 11.8 Å². The molecule has 0 aliphatic carbocycles. The second-order valence-electron chi connectivity index (χ2n) is 4.64. The van der Waals surface area contributed by atoms with Gasteiger partial charge in [-0.1, -0.05) is 13.3 Å². The van der Waals surface area contributed by atoms with Gasteiger partial charge >= 0.3 is 0 Å². The molecule has 0 radical (unpaired) electrons. The number of amides is 1. The molecule has 1 saturated heterocycles. The van der Waals surface area contributed by atoms with Gasteiger partial charge in [-0.3, -0.25) is 10.1 Å². The number of rotatable bonds is 7. The van der Waals surface area contributed by atoms with Gasteiger partial charge in [0.15, 0.2) is 0 Å². The Kier molecular flexibility index (Phi) is 5.62. The molecular formula is C12H24N2OS. The summed E-state index contributed by atoms with van der Waals surface area (Å²) in [6, 6.07) is 0. The molecule has 1 aliphatic rings. The summed E-state index contributed by atoms with van der Waals surface area (Å²) >= 11 is 1.90. The first-order valence-corrected chi connectivity index (χ1v) is 7.57. The second kappa shape index (κ2) is 6.50. The maximum atomic E-state index is 12.0. The molecule has 16 heavy (non-hydrogen) atoms. The summed E-state index contributed by atoms with van der Waals surface area (Å²) < 4.78 is 0. The molecule has 1 heterocycles. The van der Waals surface area contributed by atoms with E-state index >= 15 is 0 Å². The third-order valence-electron chi connectivity index (χ3n) is 3.40. The highest BCUT2D eigenvalue weighted by molar-refractivity contribution is 7.98. The maximum Gasteiger partial charge on any atom is 0.243 e. The largest absolute Gasteiger partial charge is 0.328 e. The summed E-state index contributed by atoms with van der Waals surface area (Å²) in [5.41, 5.74) is -0.306. The van der Waals surface area contributed by atoms with Crippen LogP contribution < -0.4 is 5.32 Å². The number of carbonyl (C=O) groups excluding carboxylic acids is 1. The number of hydrogen-bond acceptors (Lipinski definition) is 3. The third kappa shape index (κ3) is 3.39. The average Bonchev–Trinajstić information content (AvgIpc) is 2.58. The lowest BCUT2D eigenvalue weighted by atomic mass is 9.99. The zero-order valence-corrected chi connectivity index (χ0v) is 11.5. The molecule has 1 rings (SSSR count). The Labute approximate surface area is 103 Å². The van der Waals surface area contributed by atoms with Crippen molar-refractivity contribution in [1.29, 1.82) is 0 Å². The van der Waals surface area contributed by atoms with Crippen LogP contribution in [0.2, 0.25) is 0 Å². The van der Waals surface area contributed by atoms with Crippen LogP contribution in [0.4, 0.5) is 0 Å². The van der Waals surface area contributed by atoms with Gasteiger partial charge in [0.05, 0.1) is 12.2 Å². The summed E-state index contributed by atoms with van der Waals surface area (Å²) in [5.74, 6) is 1.51. The quantitative estimate of drug-likeness (QED) is 0.696. The fraction of sp³-hybridized carbons (Fsp3) is 0.917. The van der Waals surface area contributed by atoms with Gasteiger partial charge in [-0.05, 0) is 38.2 Å². The lowest BCUT2D eigenvalue weighted by Crippen LogP contribution is -2.43. The first-order chi connectivity index (χ1) is 7.64. The van der Waals surface area contributed by atoms with Crippen molar-refractivity contribution in [3.8, 4) is 0 Å². The molecule has 1 atom stereocenters. The fourth-order valence-corrected chi connectivity index (χ4v) is 2.44. The SMILES string of the molecule is CCC1(C)NCN(CCCCCSC)C1=O. The van der Waals surface area contributed by atoms with Gasteiger partial charge in [0.1, 0.15) is 0 Å². The van der Waals surface area contributed by atoms with Gasteiger partial charge < -0.3 is 4.90 Å². The highest BCUT2D eigenvalue weighted by Gasteiger charge is 2.40. The van der Waals surface area contributed by atoms with Crippen LogP contribution in [-0.2, 0) is 4.79 Å². The topological polar surface area (TPSA) is 32.3 Å². The second-order valence-corrected chi connectivity index (χ2v) is 5.63. The minimum atomic E-state index is -0.306. The fourth-order valence-electron chi connectivity index (χ4n) is 1.95. The Morgan fingerprint density at radius 1 is 1.44 bits per heavy atom. The van der Waals surface area contributed by atoms with Crippen LogP contribution in [0.3, 0.4) is 0 Å². The maximum absolute atomic E-state index is 12.0. The van der Waals surface area contributed by atoms with Crippen molar-refractivity contribution in [1.82, 2.24) is 10.2 Å². The van der Waals surface area contributed by atoms with Gasteiger partial charge in [-0.15, -0.1) is 0 Å². The Morgan fingerprint density at radius 2 is 2.19 bits per heavy atom. The van der Waals surface area contributed by atoms with Crippen molar-refractivity contribution >= 4 is 17.7 Å². The summed E-state index contributed by atoms with van der Waals surface area (Å²) in [5, 5.41) is 3.31. The van der Waals surface area contributed by atoms with Crippen molar-refractivity contribution in [2.75, 3.05) is 25.2 Å². The van der Waals surface area contributed by atoms with Crippen LogP contribution in [0.15, 0.2) is 0 Å². The average molecular weight is 244 g/mol. The van der Waals surface area contributed by atoms with Gasteiger partial charge in [0, 0.05) is 6.54 Å². The van der Waals surface area contributed by atoms with Gasteiger partial charge in [-0.2, -0.15) is 11.8 Å². The van der Waals surface area contributed by atoms with Gasteiger partial charge in [-0.25, -0.2) is 0 Å². The lowest BCUT2D eigenvalue weighted by Gasteiger charge is -2.20. The lowest BCUT2D eigenvalue weighted by molar-refractivity contribution is -0.132. The van der Waals surface area contributed by atoms with Crippen LogP contribution in [0.25, 0.3) is 0 Å². The van der Waals surface area contributed by atoms with E-state index in [2.05, 4.69) is 18.5 Å². The molecule has 1 fully saturated rings. The van der Waals surface area contributed by atoms with Crippen molar-refractivity contribution in [2.24, 2.45) is 0 Å². The molecule has 0 aromatic rings. The molecule has 0 aromatic carbocycles. The molecular weight excluding hydrogens is 220 g/mol. The molecule has 0 bridgehead atoms. The van der Waals surface area contributed by atoms with E-state index in [-0.39, 0.29) is 11.4 Å². The highest BCUT2D eigenvalue weighted by Crippen LogP contribution is 2.19. The third-order valence-corrected chi connectivity index (χ3v) is 4.10. The van der Waals surface area contributed by atoms with E-state index in [1.807, 2.05) is 23.6 Å². The van der Waals surface area contributed by atoms with E-state index in [0.717, 1.165) is 26.1 Å². The first kappa shape index (κ1) is 13.8. The predicted octanol–water partition coefficient (Wildman–Crippen LogP) is 2.08. The van der Waals surface area contributed by atoms with E-state index in [9.17, 15) is 4.79 Å². The van der Waals surface area contributed by atoms with Crippen LogP contribution in [0, 0.1) is 0 Å². The van der Waals surface area contributed by atoms with Crippen molar-refractivity contribution in [2.45, 2.75) is 45.1 Å². The molecule has 0 aromatic heterocycles. The van der Waals surface area contributed by atoms with Gasteiger partial charge in [0.25, 0.3) is 0 Å². The Balaban J connectivity index is 2.22. The van der Waals surface area contributed by atoms with Gasteiger partial charge in [0.2, 0.25) is 5.91 Å². The van der Waals surface area contributed by atoms with E-state index < -0.39 is 0 Å². The van der Waals surface area contributed by atoms with Crippen molar-refractivity contribution < 1.29 is 4.79 Å². The highest BCUT2D eigenvalue weighted by atomic mass is 32.2. The van der Waals surface area contributed by atoms with E-state index in [0.29, 0.717) is 0 Å². The number of unbranched alkanes of at least 4 members (excludes halogenated alkanes) is 2. The summed E-state index contributed by atoms with van der Waals surface area (Å²) in [6.07, 6.45) is 6.64. The minimum absolute atomic E-state index is 0.278. The van der Waals surface area contributed by atoms with Crippen molar-refractivity contribution in [3.05, 3.63) is 0 Å². The Morgan fingerprint density at radius 3 is 2.75 bits per heavy atom. The number of nitrogens with zero attached hydrogens (tertiary/aromatic N) is 1. The number of carbonyl (C=O) groups is 1. The molecule has 4 heteroatoms. The minimum Gasteiger partial charge on any atom is -0.328 e. The molecule has 94 valence electrons. The summed E-state index contributed by atoms with van der Waals surface area (Å²) in [4.78, 5) is 14.0. The first-order valence-electron chi connectivity index (χ1n) is 6.17. The molecule has 1 unspecified atom stereocenters.